The van der Waals surface area contributed by atoms with Crippen LogP contribution in [0.3, 0.4) is 0 Å². The van der Waals surface area contributed by atoms with Gasteiger partial charge in [-0.15, -0.1) is 5.10 Å². The summed E-state index contributed by atoms with van der Waals surface area (Å²) in [6.07, 6.45) is 0.451. The van der Waals surface area contributed by atoms with Crippen LogP contribution in [0, 0.1) is 6.92 Å². The molecule has 0 spiro atoms. The minimum atomic E-state index is -3.71. The van der Waals surface area contributed by atoms with Crippen LogP contribution in [0.15, 0.2) is 88.2 Å². The van der Waals surface area contributed by atoms with Crippen molar-refractivity contribution in [2.24, 2.45) is 0 Å². The number of aryl methyl sites for hydroxylation is 1. The lowest BCUT2D eigenvalue weighted by molar-refractivity contribution is 0.102. The zero-order valence-electron chi connectivity index (χ0n) is 18.8. The molecule has 0 atom stereocenters. The number of aromatic nitrogens is 2. The van der Waals surface area contributed by atoms with Crippen molar-refractivity contribution in [2.75, 3.05) is 12.4 Å². The Kier molecular flexibility index (Phi) is 6.85. The van der Waals surface area contributed by atoms with E-state index in [1.54, 1.807) is 0 Å². The Morgan fingerprint density at radius 1 is 0.912 bits per heavy atom. The van der Waals surface area contributed by atoms with Crippen molar-refractivity contribution in [2.45, 2.75) is 24.8 Å². The van der Waals surface area contributed by atoms with Crippen LogP contribution >= 0.6 is 0 Å². The fraction of sp³-hybridized carbons (Fsp3) is 0.160. The lowest BCUT2D eigenvalue weighted by Gasteiger charge is -2.17. The third-order valence-corrected chi connectivity index (χ3v) is 7.05. The van der Waals surface area contributed by atoms with Gasteiger partial charge in [0.15, 0.2) is 0 Å². The number of anilines is 1. The molecule has 1 aromatic heterocycles. The Hall–Kier alpha value is -3.82. The van der Waals surface area contributed by atoms with E-state index in [-0.39, 0.29) is 23.0 Å². The smallest absolute Gasteiger partial charge is 0.322 e. The van der Waals surface area contributed by atoms with E-state index < -0.39 is 15.9 Å². The molecule has 4 rings (SSSR count). The van der Waals surface area contributed by atoms with Crippen LogP contribution in [0.2, 0.25) is 0 Å². The molecule has 0 saturated heterocycles. The van der Waals surface area contributed by atoms with Gasteiger partial charge in [-0.2, -0.15) is 4.31 Å². The van der Waals surface area contributed by atoms with Crippen LogP contribution in [0.4, 0.5) is 6.01 Å². The number of carbonyl (C=O) groups excluding carboxylic acids is 1. The van der Waals surface area contributed by atoms with Gasteiger partial charge in [-0.25, -0.2) is 8.42 Å². The van der Waals surface area contributed by atoms with E-state index in [0.29, 0.717) is 12.3 Å². The monoisotopic (exact) mass is 476 g/mol. The molecule has 0 aliphatic heterocycles. The maximum absolute atomic E-state index is 12.9. The first kappa shape index (κ1) is 23.3. The molecule has 174 valence electrons. The molecule has 4 aromatic rings. The fourth-order valence-corrected chi connectivity index (χ4v) is 4.47. The van der Waals surface area contributed by atoms with Gasteiger partial charge in [0.2, 0.25) is 15.9 Å². The largest absolute Gasteiger partial charge is 0.407 e. The van der Waals surface area contributed by atoms with Gasteiger partial charge in [0.25, 0.3) is 5.91 Å². The summed E-state index contributed by atoms with van der Waals surface area (Å²) in [6, 6.07) is 23.0. The predicted octanol–water partition coefficient (Wildman–Crippen LogP) is 4.04. The Balaban J connectivity index is 1.39. The number of rotatable bonds is 8. The minimum absolute atomic E-state index is 0.0218. The molecule has 0 radical (unpaired) electrons. The van der Waals surface area contributed by atoms with Crippen molar-refractivity contribution in [3.05, 3.63) is 107 Å². The van der Waals surface area contributed by atoms with E-state index in [1.807, 2.05) is 61.5 Å². The molecule has 3 aromatic carbocycles. The van der Waals surface area contributed by atoms with Crippen LogP contribution < -0.4 is 5.32 Å². The number of hydrogen-bond donors (Lipinski definition) is 1. The number of amides is 1. The Morgan fingerprint density at radius 2 is 1.59 bits per heavy atom. The van der Waals surface area contributed by atoms with Crippen LogP contribution in [-0.2, 0) is 23.0 Å². The van der Waals surface area contributed by atoms with Crippen molar-refractivity contribution >= 4 is 21.9 Å². The molecule has 0 aliphatic carbocycles. The first-order valence-corrected chi connectivity index (χ1v) is 12.0. The molecule has 9 heteroatoms. The molecule has 1 amide bonds. The van der Waals surface area contributed by atoms with Crippen LogP contribution in [0.1, 0.15) is 32.9 Å². The first-order chi connectivity index (χ1) is 16.3. The topological polar surface area (TPSA) is 105 Å². The summed E-state index contributed by atoms with van der Waals surface area (Å²) in [5.74, 6) is -0.103. The summed E-state index contributed by atoms with van der Waals surface area (Å²) >= 11 is 0. The first-order valence-electron chi connectivity index (χ1n) is 10.6. The van der Waals surface area contributed by atoms with Crippen molar-refractivity contribution in [1.82, 2.24) is 14.5 Å². The van der Waals surface area contributed by atoms with Gasteiger partial charge in [0, 0.05) is 19.2 Å². The van der Waals surface area contributed by atoms with Crippen LogP contribution in [-0.4, -0.2) is 35.9 Å². The number of sulfonamides is 1. The highest BCUT2D eigenvalue weighted by atomic mass is 32.2. The molecule has 1 N–H and O–H groups in total. The molecule has 0 saturated carbocycles. The van der Waals surface area contributed by atoms with Crippen molar-refractivity contribution < 1.29 is 17.6 Å². The number of benzene rings is 3. The summed E-state index contributed by atoms with van der Waals surface area (Å²) in [7, 11) is -2.19. The molecule has 0 bridgehead atoms. The molecule has 0 unspecified atom stereocenters. The van der Waals surface area contributed by atoms with Gasteiger partial charge < -0.3 is 4.42 Å². The second-order valence-electron chi connectivity index (χ2n) is 7.89. The molecule has 1 heterocycles. The fourth-order valence-electron chi connectivity index (χ4n) is 3.31. The molecule has 0 fully saturated rings. The van der Waals surface area contributed by atoms with Crippen molar-refractivity contribution in [3.63, 3.8) is 0 Å². The van der Waals surface area contributed by atoms with Gasteiger partial charge >= 0.3 is 6.01 Å². The average Bonchev–Trinajstić information content (AvgIpc) is 3.27. The average molecular weight is 477 g/mol. The van der Waals surface area contributed by atoms with Crippen LogP contribution in [0.25, 0.3) is 0 Å². The Morgan fingerprint density at radius 3 is 2.26 bits per heavy atom. The summed E-state index contributed by atoms with van der Waals surface area (Å²) in [5.41, 5.74) is 3.32. The number of nitrogens with zero attached hydrogens (tertiary/aromatic N) is 3. The van der Waals surface area contributed by atoms with Crippen molar-refractivity contribution in [1.29, 1.82) is 0 Å². The van der Waals surface area contributed by atoms with E-state index in [0.717, 1.165) is 16.7 Å². The van der Waals surface area contributed by atoms with E-state index in [4.69, 9.17) is 4.42 Å². The third-order valence-electron chi connectivity index (χ3n) is 5.24. The van der Waals surface area contributed by atoms with E-state index in [9.17, 15) is 13.2 Å². The molecular formula is C25H24N4O4S. The predicted molar refractivity (Wildman–Crippen MR) is 128 cm³/mol. The van der Waals surface area contributed by atoms with E-state index in [1.165, 1.54) is 35.6 Å². The summed E-state index contributed by atoms with van der Waals surface area (Å²) < 4.78 is 32.5. The summed E-state index contributed by atoms with van der Waals surface area (Å²) in [6.45, 7) is 2.25. The maximum Gasteiger partial charge on any atom is 0.322 e. The highest BCUT2D eigenvalue weighted by Crippen LogP contribution is 2.19. The zero-order valence-corrected chi connectivity index (χ0v) is 19.6. The van der Waals surface area contributed by atoms with Gasteiger partial charge in [0.1, 0.15) is 0 Å². The van der Waals surface area contributed by atoms with Crippen LogP contribution in [0.5, 0.6) is 0 Å². The highest BCUT2D eigenvalue weighted by Gasteiger charge is 2.21. The van der Waals surface area contributed by atoms with Crippen molar-refractivity contribution in [3.8, 4) is 0 Å². The summed E-state index contributed by atoms with van der Waals surface area (Å²) in [4.78, 5) is 12.7. The number of carbonyl (C=O) groups is 1. The van der Waals surface area contributed by atoms with Gasteiger partial charge in [0.05, 0.1) is 11.3 Å². The molecule has 0 aliphatic rings. The molecular weight excluding hydrogens is 452 g/mol. The van der Waals surface area contributed by atoms with Gasteiger partial charge in [-0.05, 0) is 42.3 Å². The second-order valence-corrected chi connectivity index (χ2v) is 9.93. The second kappa shape index (κ2) is 9.98. The highest BCUT2D eigenvalue weighted by molar-refractivity contribution is 7.89. The van der Waals surface area contributed by atoms with E-state index in [2.05, 4.69) is 15.5 Å². The molecule has 34 heavy (non-hydrogen) atoms. The third kappa shape index (κ3) is 5.56. The molecule has 8 nitrogen and oxygen atoms in total. The Labute approximate surface area is 198 Å². The lowest BCUT2D eigenvalue weighted by atomic mass is 10.1. The SMILES string of the molecule is Cc1ccc(Cc2nnc(NC(=O)c3ccc(S(=O)(=O)N(C)Cc4ccccc4)cc3)o2)cc1. The summed E-state index contributed by atoms with van der Waals surface area (Å²) in [5, 5.41) is 10.4. The van der Waals surface area contributed by atoms with Gasteiger partial charge in [-0.3, -0.25) is 10.1 Å². The normalized spacial score (nSPS) is 11.5. The minimum Gasteiger partial charge on any atom is -0.407 e. The Bertz CT molecular complexity index is 1370. The zero-order chi connectivity index (χ0) is 24.1. The lowest BCUT2D eigenvalue weighted by Crippen LogP contribution is -2.26. The van der Waals surface area contributed by atoms with E-state index >= 15 is 0 Å². The maximum atomic E-state index is 12.9. The standard InChI is InChI=1S/C25H24N4O4S/c1-18-8-10-19(11-9-18)16-23-27-28-25(33-23)26-24(30)21-12-14-22(15-13-21)34(31,32)29(2)17-20-6-4-3-5-7-20/h3-15H,16-17H2,1-2H3,(H,26,28,30). The number of hydrogen-bond acceptors (Lipinski definition) is 6. The van der Waals surface area contributed by atoms with Gasteiger partial charge in [-0.1, -0.05) is 65.3 Å². The quantitative estimate of drug-likeness (QED) is 0.411. The number of nitrogens with one attached hydrogen (secondary N) is 1.